The van der Waals surface area contributed by atoms with E-state index in [2.05, 4.69) is 25.8 Å². The average Bonchev–Trinajstić information content (AvgIpc) is 2.97. The molecule has 0 saturated carbocycles. The molecule has 108 valence electrons. The van der Waals surface area contributed by atoms with Gasteiger partial charge in [-0.3, -0.25) is 4.79 Å². The van der Waals surface area contributed by atoms with Gasteiger partial charge in [-0.05, 0) is 40.9 Å². The monoisotopic (exact) mass is 339 g/mol. The normalized spacial score (nSPS) is 23.1. The molecule has 1 unspecified atom stereocenters. The van der Waals surface area contributed by atoms with Crippen molar-refractivity contribution in [2.24, 2.45) is 0 Å². The van der Waals surface area contributed by atoms with Crippen LogP contribution in [-0.2, 0) is 9.53 Å². The lowest BCUT2D eigenvalue weighted by atomic mass is 10.2. The van der Waals surface area contributed by atoms with Gasteiger partial charge in [0, 0.05) is 30.3 Å². The van der Waals surface area contributed by atoms with E-state index in [1.54, 1.807) is 6.20 Å². The highest BCUT2D eigenvalue weighted by atomic mass is 79.9. The van der Waals surface area contributed by atoms with E-state index in [0.717, 1.165) is 29.7 Å². The minimum Gasteiger partial charge on any atom is -0.378 e. The van der Waals surface area contributed by atoms with Crippen LogP contribution >= 0.6 is 15.9 Å². The first-order valence-electron chi connectivity index (χ1n) is 7.00. The molecule has 2 aliphatic heterocycles. The molecule has 2 saturated heterocycles. The maximum absolute atomic E-state index is 12.6. The second-order valence-corrected chi connectivity index (χ2v) is 6.04. The predicted molar refractivity (Wildman–Crippen MR) is 79.7 cm³/mol. The second kappa shape index (κ2) is 6.10. The highest BCUT2D eigenvalue weighted by molar-refractivity contribution is 9.10. The molecule has 0 bridgehead atoms. The summed E-state index contributed by atoms with van der Waals surface area (Å²) < 4.78 is 6.27. The van der Waals surface area contributed by atoms with Crippen molar-refractivity contribution in [1.29, 1.82) is 0 Å². The maximum atomic E-state index is 12.6. The molecule has 2 fully saturated rings. The third kappa shape index (κ3) is 2.81. The van der Waals surface area contributed by atoms with Gasteiger partial charge in [-0.15, -0.1) is 0 Å². The molecule has 0 aliphatic carbocycles. The summed E-state index contributed by atoms with van der Waals surface area (Å²) in [6, 6.07) is 3.87. The molecule has 1 aromatic heterocycles. The Hall–Kier alpha value is -1.14. The van der Waals surface area contributed by atoms with E-state index < -0.39 is 0 Å². The van der Waals surface area contributed by atoms with E-state index >= 15 is 0 Å². The smallest absolute Gasteiger partial charge is 0.245 e. The first-order chi connectivity index (χ1) is 9.75. The van der Waals surface area contributed by atoms with Crippen molar-refractivity contribution in [1.82, 2.24) is 9.88 Å². The van der Waals surface area contributed by atoms with Crippen LogP contribution in [-0.4, -0.2) is 54.7 Å². The predicted octanol–water partition coefficient (Wildman–Crippen LogP) is 1.67. The highest BCUT2D eigenvalue weighted by Gasteiger charge is 2.34. The summed E-state index contributed by atoms with van der Waals surface area (Å²) in [5.74, 6) is 1.10. The molecule has 0 aromatic carbocycles. The van der Waals surface area contributed by atoms with Crippen LogP contribution < -0.4 is 4.90 Å². The van der Waals surface area contributed by atoms with Crippen molar-refractivity contribution in [2.75, 3.05) is 37.7 Å². The number of hydrogen-bond acceptors (Lipinski definition) is 4. The number of ether oxygens (including phenoxy) is 1. The third-order valence-electron chi connectivity index (χ3n) is 3.87. The van der Waals surface area contributed by atoms with Crippen molar-refractivity contribution < 1.29 is 9.53 Å². The number of carbonyl (C=O) groups is 1. The summed E-state index contributed by atoms with van der Waals surface area (Å²) >= 11 is 3.39. The van der Waals surface area contributed by atoms with Gasteiger partial charge in [0.05, 0.1) is 13.2 Å². The van der Waals surface area contributed by atoms with E-state index in [1.165, 1.54) is 0 Å². The van der Waals surface area contributed by atoms with Gasteiger partial charge in [-0.2, -0.15) is 0 Å². The van der Waals surface area contributed by atoms with Crippen LogP contribution in [0.4, 0.5) is 5.82 Å². The number of anilines is 1. The quantitative estimate of drug-likeness (QED) is 0.822. The molecular formula is C14H18BrN3O2. The van der Waals surface area contributed by atoms with Gasteiger partial charge in [0.15, 0.2) is 0 Å². The largest absolute Gasteiger partial charge is 0.378 e. The Morgan fingerprint density at radius 2 is 2.10 bits per heavy atom. The van der Waals surface area contributed by atoms with Crippen molar-refractivity contribution >= 4 is 27.7 Å². The lowest BCUT2D eigenvalue weighted by Gasteiger charge is -2.33. The fraction of sp³-hybridized carbons (Fsp3) is 0.571. The number of aromatic nitrogens is 1. The van der Waals surface area contributed by atoms with Gasteiger partial charge < -0.3 is 14.5 Å². The molecule has 0 N–H and O–H groups in total. The number of rotatable bonds is 2. The molecule has 5 nitrogen and oxygen atoms in total. The van der Waals surface area contributed by atoms with E-state index in [4.69, 9.17) is 4.74 Å². The minimum atomic E-state index is -0.0678. The van der Waals surface area contributed by atoms with E-state index in [9.17, 15) is 4.79 Å². The number of nitrogens with zero attached hydrogens (tertiary/aromatic N) is 3. The molecule has 6 heteroatoms. The molecule has 1 amide bonds. The van der Waals surface area contributed by atoms with Crippen LogP contribution in [0.15, 0.2) is 22.8 Å². The topological polar surface area (TPSA) is 45.7 Å². The van der Waals surface area contributed by atoms with Crippen molar-refractivity contribution in [3.63, 3.8) is 0 Å². The van der Waals surface area contributed by atoms with Crippen molar-refractivity contribution in [3.8, 4) is 0 Å². The molecule has 0 radical (unpaired) electrons. The first kappa shape index (κ1) is 13.8. The standard InChI is InChI=1S/C14H18BrN3O2/c15-11-3-4-13(16-10-11)18-5-1-2-12(18)14(19)17-6-8-20-9-7-17/h3-4,10,12H,1-2,5-9H2. The first-order valence-corrected chi connectivity index (χ1v) is 7.80. The Kier molecular flexibility index (Phi) is 4.21. The summed E-state index contributed by atoms with van der Waals surface area (Å²) in [6.45, 7) is 3.60. The molecular weight excluding hydrogens is 322 g/mol. The molecule has 3 rings (SSSR count). The zero-order chi connectivity index (χ0) is 13.9. The van der Waals surface area contributed by atoms with E-state index in [1.807, 2.05) is 17.0 Å². The Morgan fingerprint density at radius 1 is 1.30 bits per heavy atom. The Balaban J connectivity index is 1.74. The molecule has 2 aliphatic rings. The molecule has 1 aromatic rings. The van der Waals surface area contributed by atoms with E-state index in [0.29, 0.717) is 26.3 Å². The minimum absolute atomic E-state index is 0.0678. The van der Waals surface area contributed by atoms with Gasteiger partial charge in [0.25, 0.3) is 0 Å². The third-order valence-corrected chi connectivity index (χ3v) is 4.34. The fourth-order valence-electron chi connectivity index (χ4n) is 2.83. The SMILES string of the molecule is O=C(C1CCCN1c1ccc(Br)cn1)N1CCOCC1. The van der Waals surface area contributed by atoms with Crippen LogP contribution in [0.1, 0.15) is 12.8 Å². The summed E-state index contributed by atoms with van der Waals surface area (Å²) in [6.07, 6.45) is 3.73. The van der Waals surface area contributed by atoms with Crippen LogP contribution in [0.3, 0.4) is 0 Å². The Labute approximate surface area is 127 Å². The summed E-state index contributed by atoms with van der Waals surface area (Å²) in [5, 5.41) is 0. The maximum Gasteiger partial charge on any atom is 0.245 e. The Bertz CT molecular complexity index is 474. The van der Waals surface area contributed by atoms with Gasteiger partial charge in [-0.1, -0.05) is 0 Å². The molecule has 20 heavy (non-hydrogen) atoms. The van der Waals surface area contributed by atoms with Crippen molar-refractivity contribution in [3.05, 3.63) is 22.8 Å². The van der Waals surface area contributed by atoms with Crippen LogP contribution in [0.5, 0.6) is 0 Å². The Morgan fingerprint density at radius 3 is 2.80 bits per heavy atom. The number of amides is 1. The highest BCUT2D eigenvalue weighted by Crippen LogP contribution is 2.26. The summed E-state index contributed by atoms with van der Waals surface area (Å²) in [5.41, 5.74) is 0. The molecule has 0 spiro atoms. The lowest BCUT2D eigenvalue weighted by Crippen LogP contribution is -2.50. The van der Waals surface area contributed by atoms with Crippen molar-refractivity contribution in [2.45, 2.75) is 18.9 Å². The van der Waals surface area contributed by atoms with Gasteiger partial charge >= 0.3 is 0 Å². The van der Waals surface area contributed by atoms with E-state index in [-0.39, 0.29) is 11.9 Å². The number of pyridine rings is 1. The zero-order valence-electron chi connectivity index (χ0n) is 11.3. The lowest BCUT2D eigenvalue weighted by molar-refractivity contribution is -0.136. The fourth-order valence-corrected chi connectivity index (χ4v) is 3.06. The number of carbonyl (C=O) groups excluding carboxylic acids is 1. The molecule has 1 atom stereocenters. The van der Waals surface area contributed by atoms with Gasteiger partial charge in [-0.25, -0.2) is 4.98 Å². The number of morpholine rings is 1. The summed E-state index contributed by atoms with van der Waals surface area (Å²) in [4.78, 5) is 21.1. The van der Waals surface area contributed by atoms with Crippen LogP contribution in [0.2, 0.25) is 0 Å². The van der Waals surface area contributed by atoms with Gasteiger partial charge in [0.2, 0.25) is 5.91 Å². The summed E-state index contributed by atoms with van der Waals surface area (Å²) in [7, 11) is 0. The van der Waals surface area contributed by atoms with Gasteiger partial charge in [0.1, 0.15) is 11.9 Å². The van der Waals surface area contributed by atoms with Crippen LogP contribution in [0.25, 0.3) is 0 Å². The average molecular weight is 340 g/mol. The zero-order valence-corrected chi connectivity index (χ0v) is 12.9. The van der Waals surface area contributed by atoms with Crippen LogP contribution in [0, 0.1) is 0 Å². The number of halogens is 1. The molecule has 3 heterocycles. The second-order valence-electron chi connectivity index (χ2n) is 5.12. The number of hydrogen-bond donors (Lipinski definition) is 0.